The molecule has 2 unspecified atom stereocenters. The molecule has 19 heavy (non-hydrogen) atoms. The highest BCUT2D eigenvalue weighted by Crippen LogP contribution is 2.33. The average Bonchev–Trinajstić information content (AvgIpc) is 2.87. The van der Waals surface area contributed by atoms with Crippen LogP contribution >= 0.6 is 0 Å². The van der Waals surface area contributed by atoms with Gasteiger partial charge in [-0.1, -0.05) is 33.1 Å². The van der Waals surface area contributed by atoms with Crippen molar-refractivity contribution in [3.8, 4) is 0 Å². The van der Waals surface area contributed by atoms with E-state index in [0.29, 0.717) is 30.3 Å². The Morgan fingerprint density at radius 1 is 1.16 bits per heavy atom. The lowest BCUT2D eigenvalue weighted by Gasteiger charge is -2.36. The molecule has 0 radical (unpaired) electrons. The Hall–Kier alpha value is -0.570. The third-order valence-corrected chi connectivity index (χ3v) is 5.30. The summed E-state index contributed by atoms with van der Waals surface area (Å²) in [5.41, 5.74) is 5.79. The van der Waals surface area contributed by atoms with Crippen molar-refractivity contribution in [2.24, 2.45) is 29.4 Å². The normalized spacial score (nSPS) is 35.6. The van der Waals surface area contributed by atoms with Crippen LogP contribution in [0.2, 0.25) is 0 Å². The highest BCUT2D eigenvalue weighted by atomic mass is 16.2. The van der Waals surface area contributed by atoms with Crippen LogP contribution in [0, 0.1) is 23.7 Å². The first-order valence-corrected chi connectivity index (χ1v) is 8.14. The van der Waals surface area contributed by atoms with E-state index < -0.39 is 0 Å². The number of hydrogen-bond donors (Lipinski definition) is 2. The van der Waals surface area contributed by atoms with Crippen LogP contribution < -0.4 is 11.1 Å². The largest absolute Gasteiger partial charge is 0.353 e. The number of hydrogen-bond acceptors (Lipinski definition) is 2. The molecular formula is C16H30N2O. The van der Waals surface area contributed by atoms with Crippen molar-refractivity contribution in [2.75, 3.05) is 6.54 Å². The van der Waals surface area contributed by atoms with Crippen LogP contribution in [0.3, 0.4) is 0 Å². The molecule has 0 bridgehead atoms. The molecule has 2 fully saturated rings. The average molecular weight is 266 g/mol. The molecule has 0 saturated heterocycles. The van der Waals surface area contributed by atoms with Gasteiger partial charge in [-0.15, -0.1) is 0 Å². The summed E-state index contributed by atoms with van der Waals surface area (Å²) in [6.07, 6.45) is 8.35. The van der Waals surface area contributed by atoms with E-state index >= 15 is 0 Å². The molecule has 0 heterocycles. The smallest absolute Gasteiger partial charge is 0.223 e. The van der Waals surface area contributed by atoms with Crippen molar-refractivity contribution in [3.05, 3.63) is 0 Å². The van der Waals surface area contributed by atoms with Crippen LogP contribution in [0.1, 0.15) is 58.8 Å². The number of amides is 1. The van der Waals surface area contributed by atoms with Gasteiger partial charge < -0.3 is 11.1 Å². The number of nitrogens with two attached hydrogens (primary N) is 1. The number of carbonyl (C=O) groups excluding carboxylic acids is 1. The Kier molecular flexibility index (Phi) is 5.26. The maximum Gasteiger partial charge on any atom is 0.223 e. The standard InChI is InChI=1S/C16H30N2O/c1-11(2)13-7-3-4-9-15(13)18-16(19)14-8-5-6-12(14)10-17/h11-15H,3-10,17H2,1-2H3,(H,18,19)/t12-,13?,14-,15?/m1/s1. The van der Waals surface area contributed by atoms with Crippen LogP contribution in [0.5, 0.6) is 0 Å². The van der Waals surface area contributed by atoms with Gasteiger partial charge in [-0.2, -0.15) is 0 Å². The van der Waals surface area contributed by atoms with Gasteiger partial charge in [0.15, 0.2) is 0 Å². The Morgan fingerprint density at radius 2 is 1.89 bits per heavy atom. The van der Waals surface area contributed by atoms with E-state index in [2.05, 4.69) is 19.2 Å². The maximum absolute atomic E-state index is 12.5. The van der Waals surface area contributed by atoms with Crippen molar-refractivity contribution in [2.45, 2.75) is 64.8 Å². The molecule has 0 aromatic rings. The molecule has 0 spiro atoms. The lowest BCUT2D eigenvalue weighted by atomic mass is 9.77. The number of rotatable bonds is 4. The second-order valence-corrected chi connectivity index (χ2v) is 6.84. The lowest BCUT2D eigenvalue weighted by Crippen LogP contribution is -2.47. The van der Waals surface area contributed by atoms with E-state index in [0.717, 1.165) is 25.7 Å². The molecule has 3 nitrogen and oxygen atoms in total. The molecule has 3 N–H and O–H groups in total. The third-order valence-electron chi connectivity index (χ3n) is 5.30. The summed E-state index contributed by atoms with van der Waals surface area (Å²) < 4.78 is 0. The molecule has 0 aromatic carbocycles. The molecule has 1 amide bonds. The van der Waals surface area contributed by atoms with Gasteiger partial charge in [0.1, 0.15) is 0 Å². The van der Waals surface area contributed by atoms with E-state index in [1.54, 1.807) is 0 Å². The van der Waals surface area contributed by atoms with Crippen LogP contribution in [-0.4, -0.2) is 18.5 Å². The molecule has 2 rings (SSSR count). The quantitative estimate of drug-likeness (QED) is 0.822. The Labute approximate surface area is 117 Å². The summed E-state index contributed by atoms with van der Waals surface area (Å²) in [5.74, 6) is 2.21. The summed E-state index contributed by atoms with van der Waals surface area (Å²) >= 11 is 0. The predicted molar refractivity (Wildman–Crippen MR) is 78.6 cm³/mol. The van der Waals surface area contributed by atoms with Gasteiger partial charge in [-0.05, 0) is 50.0 Å². The van der Waals surface area contributed by atoms with Crippen molar-refractivity contribution in [1.82, 2.24) is 5.32 Å². The fraction of sp³-hybridized carbons (Fsp3) is 0.938. The zero-order valence-corrected chi connectivity index (χ0v) is 12.5. The minimum atomic E-state index is 0.180. The Morgan fingerprint density at radius 3 is 2.58 bits per heavy atom. The summed E-state index contributed by atoms with van der Waals surface area (Å²) in [4.78, 5) is 12.5. The first kappa shape index (κ1) is 14.8. The van der Waals surface area contributed by atoms with Gasteiger partial charge in [0.05, 0.1) is 0 Å². The summed E-state index contributed by atoms with van der Waals surface area (Å²) in [5, 5.41) is 3.36. The predicted octanol–water partition coefficient (Wildman–Crippen LogP) is 2.69. The highest BCUT2D eigenvalue weighted by molar-refractivity contribution is 5.79. The highest BCUT2D eigenvalue weighted by Gasteiger charge is 2.35. The van der Waals surface area contributed by atoms with Crippen molar-refractivity contribution >= 4 is 5.91 Å². The fourth-order valence-electron chi connectivity index (χ4n) is 4.09. The summed E-state index contributed by atoms with van der Waals surface area (Å²) in [7, 11) is 0. The Balaban J connectivity index is 1.93. The minimum Gasteiger partial charge on any atom is -0.353 e. The number of nitrogens with one attached hydrogen (secondary N) is 1. The van der Waals surface area contributed by atoms with E-state index in [-0.39, 0.29) is 11.8 Å². The van der Waals surface area contributed by atoms with Gasteiger partial charge in [-0.25, -0.2) is 0 Å². The molecular weight excluding hydrogens is 236 g/mol. The van der Waals surface area contributed by atoms with E-state index in [9.17, 15) is 4.79 Å². The van der Waals surface area contributed by atoms with Gasteiger partial charge in [-0.3, -0.25) is 4.79 Å². The van der Waals surface area contributed by atoms with Gasteiger partial charge >= 0.3 is 0 Å². The molecule has 2 aliphatic carbocycles. The Bertz CT molecular complexity index is 303. The third kappa shape index (κ3) is 3.50. The van der Waals surface area contributed by atoms with Gasteiger partial charge in [0, 0.05) is 12.0 Å². The summed E-state index contributed by atoms with van der Waals surface area (Å²) in [6, 6.07) is 0.403. The second kappa shape index (κ2) is 6.74. The van der Waals surface area contributed by atoms with Crippen LogP contribution in [0.15, 0.2) is 0 Å². The summed E-state index contributed by atoms with van der Waals surface area (Å²) in [6.45, 7) is 5.23. The molecule has 0 aromatic heterocycles. The molecule has 2 saturated carbocycles. The van der Waals surface area contributed by atoms with Crippen LogP contribution in [-0.2, 0) is 4.79 Å². The molecule has 3 heteroatoms. The van der Waals surface area contributed by atoms with Crippen molar-refractivity contribution in [1.29, 1.82) is 0 Å². The minimum absolute atomic E-state index is 0.180. The van der Waals surface area contributed by atoms with E-state index in [4.69, 9.17) is 5.73 Å². The van der Waals surface area contributed by atoms with Gasteiger partial charge in [0.25, 0.3) is 0 Å². The molecule has 110 valence electrons. The topological polar surface area (TPSA) is 55.1 Å². The molecule has 4 atom stereocenters. The number of carbonyl (C=O) groups is 1. The van der Waals surface area contributed by atoms with Crippen molar-refractivity contribution < 1.29 is 4.79 Å². The SMILES string of the molecule is CC(C)C1CCCCC1NC(=O)[C@@H]1CCC[C@@H]1CN. The van der Waals surface area contributed by atoms with E-state index in [1.807, 2.05) is 0 Å². The van der Waals surface area contributed by atoms with Gasteiger partial charge in [0.2, 0.25) is 5.91 Å². The van der Waals surface area contributed by atoms with Crippen LogP contribution in [0.25, 0.3) is 0 Å². The monoisotopic (exact) mass is 266 g/mol. The zero-order valence-electron chi connectivity index (χ0n) is 12.5. The first-order valence-electron chi connectivity index (χ1n) is 8.14. The second-order valence-electron chi connectivity index (χ2n) is 6.84. The first-order chi connectivity index (χ1) is 9.13. The van der Waals surface area contributed by atoms with E-state index in [1.165, 1.54) is 19.3 Å². The van der Waals surface area contributed by atoms with Crippen LogP contribution in [0.4, 0.5) is 0 Å². The fourth-order valence-corrected chi connectivity index (χ4v) is 4.09. The van der Waals surface area contributed by atoms with Crippen molar-refractivity contribution in [3.63, 3.8) is 0 Å². The lowest BCUT2D eigenvalue weighted by molar-refractivity contribution is -0.127. The molecule has 0 aliphatic heterocycles. The molecule has 2 aliphatic rings. The zero-order chi connectivity index (χ0) is 13.8. The maximum atomic E-state index is 12.5.